The maximum Gasteiger partial charge on any atom is 0.248 e. The molecule has 1 aliphatic rings. The molecule has 2 aromatic heterocycles. The van der Waals surface area contributed by atoms with Crippen LogP contribution in [0.2, 0.25) is 0 Å². The summed E-state index contributed by atoms with van der Waals surface area (Å²) in [6.45, 7) is 3.44. The van der Waals surface area contributed by atoms with Gasteiger partial charge in [0.15, 0.2) is 22.8 Å². The van der Waals surface area contributed by atoms with Crippen LogP contribution in [0.25, 0.3) is 22.6 Å². The number of hydroxylamine groups is 1. The van der Waals surface area contributed by atoms with Crippen LogP contribution in [0.3, 0.4) is 0 Å². The van der Waals surface area contributed by atoms with Gasteiger partial charge in [-0.05, 0) is 25.0 Å². The number of nitrogens with zero attached hydrogens (tertiary/aromatic N) is 5. The molecule has 0 bridgehead atoms. The Morgan fingerprint density at radius 3 is 2.50 bits per heavy atom. The van der Waals surface area contributed by atoms with Gasteiger partial charge < -0.3 is 19.9 Å². The zero-order valence-corrected chi connectivity index (χ0v) is 18.9. The second-order valence-electron chi connectivity index (χ2n) is 8.22. The van der Waals surface area contributed by atoms with Gasteiger partial charge in [-0.2, -0.15) is 0 Å². The van der Waals surface area contributed by atoms with Crippen LogP contribution in [0.5, 0.6) is 0 Å². The molecule has 11 heteroatoms. The van der Waals surface area contributed by atoms with Crippen molar-refractivity contribution in [2.45, 2.75) is 38.6 Å². The van der Waals surface area contributed by atoms with Gasteiger partial charge in [-0.15, -0.1) is 0 Å². The number of carbonyl (C=O) groups is 2. The number of hydrogen-bond acceptors (Lipinski definition) is 8. The molecular weight excluding hydrogens is 438 g/mol. The minimum absolute atomic E-state index is 0.318. The number of nitrogens with two attached hydrogens (primary N) is 1. The SMILES string of the molecule is NC(=O)c1ccc(-c2nc(N3CCOCC3)c3ncn(CCCCCCC(=O)NO)c3n2)cc1. The Kier molecular flexibility index (Phi) is 7.65. The van der Waals surface area contributed by atoms with E-state index in [1.54, 1.807) is 36.1 Å². The molecule has 34 heavy (non-hydrogen) atoms. The van der Waals surface area contributed by atoms with Gasteiger partial charge in [-0.25, -0.2) is 20.4 Å². The Labute approximate surface area is 196 Å². The first-order valence-corrected chi connectivity index (χ1v) is 11.5. The number of ether oxygens (including phenoxy) is 1. The van der Waals surface area contributed by atoms with Crippen molar-refractivity contribution >= 4 is 28.8 Å². The van der Waals surface area contributed by atoms with Gasteiger partial charge in [0.1, 0.15) is 0 Å². The average molecular weight is 468 g/mol. The molecule has 11 nitrogen and oxygen atoms in total. The van der Waals surface area contributed by atoms with E-state index < -0.39 is 5.91 Å². The quantitative estimate of drug-likeness (QED) is 0.232. The van der Waals surface area contributed by atoms with Crippen molar-refractivity contribution in [2.24, 2.45) is 5.73 Å². The molecule has 180 valence electrons. The second-order valence-corrected chi connectivity index (χ2v) is 8.22. The van der Waals surface area contributed by atoms with E-state index in [0.29, 0.717) is 31.0 Å². The van der Waals surface area contributed by atoms with Crippen molar-refractivity contribution < 1.29 is 19.5 Å². The molecule has 0 spiro atoms. The third-order valence-electron chi connectivity index (χ3n) is 5.86. The predicted octanol–water partition coefficient (Wildman–Crippen LogP) is 1.88. The number of fused-ring (bicyclic) bond motifs is 1. The van der Waals surface area contributed by atoms with Gasteiger partial charge in [0.2, 0.25) is 11.8 Å². The number of imidazole rings is 1. The van der Waals surface area contributed by atoms with E-state index in [1.807, 2.05) is 4.57 Å². The molecule has 1 fully saturated rings. The summed E-state index contributed by atoms with van der Waals surface area (Å²) in [6.07, 6.45) is 5.59. The number of morpholine rings is 1. The minimum atomic E-state index is -0.480. The molecular formula is C23H29N7O4. The van der Waals surface area contributed by atoms with Crippen molar-refractivity contribution in [1.29, 1.82) is 0 Å². The average Bonchev–Trinajstić information content (AvgIpc) is 3.28. The molecule has 0 atom stereocenters. The molecule has 4 rings (SSSR count). The molecule has 1 aliphatic heterocycles. The van der Waals surface area contributed by atoms with Gasteiger partial charge in [0.25, 0.3) is 0 Å². The normalized spacial score (nSPS) is 13.9. The van der Waals surface area contributed by atoms with E-state index in [0.717, 1.165) is 67.9 Å². The number of hydrogen-bond donors (Lipinski definition) is 3. The van der Waals surface area contributed by atoms with Gasteiger partial charge in [-0.1, -0.05) is 25.0 Å². The Hall–Kier alpha value is -3.57. The highest BCUT2D eigenvalue weighted by Gasteiger charge is 2.21. The molecule has 1 aromatic carbocycles. The van der Waals surface area contributed by atoms with Crippen LogP contribution in [-0.2, 0) is 16.1 Å². The molecule has 1 saturated heterocycles. The van der Waals surface area contributed by atoms with Crippen molar-refractivity contribution in [3.63, 3.8) is 0 Å². The van der Waals surface area contributed by atoms with Gasteiger partial charge >= 0.3 is 0 Å². The number of aryl methyl sites for hydroxylation is 1. The lowest BCUT2D eigenvalue weighted by Gasteiger charge is -2.28. The molecule has 3 heterocycles. The Morgan fingerprint density at radius 2 is 1.79 bits per heavy atom. The Bertz CT molecular complexity index is 1140. The van der Waals surface area contributed by atoms with Crippen LogP contribution < -0.4 is 16.1 Å². The zero-order chi connectivity index (χ0) is 23.9. The van der Waals surface area contributed by atoms with Gasteiger partial charge in [0.05, 0.1) is 19.5 Å². The highest BCUT2D eigenvalue weighted by atomic mass is 16.5. The summed E-state index contributed by atoms with van der Waals surface area (Å²) < 4.78 is 7.53. The monoisotopic (exact) mass is 467 g/mol. The van der Waals surface area contributed by atoms with Crippen LogP contribution in [0, 0.1) is 0 Å². The maximum atomic E-state index is 11.4. The van der Waals surface area contributed by atoms with Crippen molar-refractivity contribution in [3.05, 3.63) is 36.2 Å². The molecule has 0 saturated carbocycles. The first-order chi connectivity index (χ1) is 16.6. The third-order valence-corrected chi connectivity index (χ3v) is 5.86. The molecule has 3 aromatic rings. The second kappa shape index (κ2) is 11.0. The molecule has 0 unspecified atom stereocenters. The molecule has 4 N–H and O–H groups in total. The number of primary amides is 1. The van der Waals surface area contributed by atoms with E-state index in [2.05, 4.69) is 9.88 Å². The van der Waals surface area contributed by atoms with E-state index in [9.17, 15) is 9.59 Å². The van der Waals surface area contributed by atoms with Crippen LogP contribution in [0.15, 0.2) is 30.6 Å². The Balaban J connectivity index is 1.57. The number of rotatable bonds is 10. The summed E-state index contributed by atoms with van der Waals surface area (Å²) in [4.78, 5) is 39.0. The summed E-state index contributed by atoms with van der Waals surface area (Å²) >= 11 is 0. The number of nitrogens with one attached hydrogen (secondary N) is 1. The lowest BCUT2D eigenvalue weighted by atomic mass is 10.1. The fraction of sp³-hybridized carbons (Fsp3) is 0.435. The number of anilines is 1. The first kappa shape index (κ1) is 23.6. The fourth-order valence-corrected chi connectivity index (χ4v) is 3.98. The largest absolute Gasteiger partial charge is 0.378 e. The number of unbranched alkanes of at least 4 members (excludes halogenated alkanes) is 3. The maximum absolute atomic E-state index is 11.4. The predicted molar refractivity (Wildman–Crippen MR) is 125 cm³/mol. The highest BCUT2D eigenvalue weighted by Crippen LogP contribution is 2.28. The van der Waals surface area contributed by atoms with Crippen LogP contribution in [0.4, 0.5) is 5.82 Å². The van der Waals surface area contributed by atoms with Gasteiger partial charge in [0, 0.05) is 37.2 Å². The molecule has 0 aliphatic carbocycles. The number of amides is 2. The summed E-state index contributed by atoms with van der Waals surface area (Å²) in [5.41, 5.74) is 9.75. The summed E-state index contributed by atoms with van der Waals surface area (Å²) in [6, 6.07) is 6.95. The number of aromatic nitrogens is 4. The van der Waals surface area contributed by atoms with Crippen molar-refractivity contribution in [2.75, 3.05) is 31.2 Å². The highest BCUT2D eigenvalue weighted by molar-refractivity contribution is 5.93. The van der Waals surface area contributed by atoms with Crippen LogP contribution in [-0.4, -0.2) is 62.8 Å². The molecule has 0 radical (unpaired) electrons. The van der Waals surface area contributed by atoms with E-state index in [1.165, 1.54) is 0 Å². The fourth-order valence-electron chi connectivity index (χ4n) is 3.98. The smallest absolute Gasteiger partial charge is 0.248 e. The van der Waals surface area contributed by atoms with E-state index in [-0.39, 0.29) is 5.91 Å². The van der Waals surface area contributed by atoms with Gasteiger partial charge in [-0.3, -0.25) is 14.8 Å². The van der Waals surface area contributed by atoms with Crippen molar-refractivity contribution in [1.82, 2.24) is 25.0 Å². The van der Waals surface area contributed by atoms with E-state index in [4.69, 9.17) is 25.6 Å². The topological polar surface area (TPSA) is 148 Å². The third kappa shape index (κ3) is 5.49. The molecule has 2 amide bonds. The van der Waals surface area contributed by atoms with Crippen molar-refractivity contribution in [3.8, 4) is 11.4 Å². The summed E-state index contributed by atoms with van der Waals surface area (Å²) in [7, 11) is 0. The Morgan fingerprint density at radius 1 is 1.06 bits per heavy atom. The lowest BCUT2D eigenvalue weighted by molar-refractivity contribution is -0.129. The summed E-state index contributed by atoms with van der Waals surface area (Å²) in [5, 5.41) is 8.57. The first-order valence-electron chi connectivity index (χ1n) is 11.5. The van der Waals surface area contributed by atoms with Crippen LogP contribution in [0.1, 0.15) is 42.5 Å². The number of benzene rings is 1. The standard InChI is InChI=1S/C23H29N7O4/c24-20(32)16-6-8-17(9-7-16)21-26-22(29-11-13-34-14-12-29)19-23(27-21)30(15-25-19)10-4-2-1-3-5-18(31)28-33/h6-9,15,33H,1-5,10-14H2,(H2,24,32)(H,28,31). The summed E-state index contributed by atoms with van der Waals surface area (Å²) in [5.74, 6) is 0.495. The lowest BCUT2D eigenvalue weighted by Crippen LogP contribution is -2.37. The zero-order valence-electron chi connectivity index (χ0n) is 18.9. The minimum Gasteiger partial charge on any atom is -0.378 e. The number of carbonyl (C=O) groups excluding carboxylic acids is 2. The van der Waals surface area contributed by atoms with E-state index >= 15 is 0 Å². The van der Waals surface area contributed by atoms with Crippen LogP contribution >= 0.6 is 0 Å².